The summed E-state index contributed by atoms with van der Waals surface area (Å²) in [6.45, 7) is 7.80. The van der Waals surface area contributed by atoms with Crippen LogP contribution in [0.2, 0.25) is 0 Å². The van der Waals surface area contributed by atoms with Gasteiger partial charge in [-0.05, 0) is 27.2 Å². The molecule has 0 spiro atoms. The smallest absolute Gasteiger partial charge is 0.306 e. The molecular weight excluding hydrogens is 152 g/mol. The van der Waals surface area contributed by atoms with Gasteiger partial charge in [0.05, 0.1) is 0 Å². The molecule has 0 N–H and O–H groups in total. The second-order valence-electron chi connectivity index (χ2n) is 4.04. The molecule has 2 nitrogen and oxygen atoms in total. The van der Waals surface area contributed by atoms with Crippen LogP contribution in [0.3, 0.4) is 0 Å². The highest BCUT2D eigenvalue weighted by molar-refractivity contribution is 5.69. The lowest BCUT2D eigenvalue weighted by Crippen LogP contribution is -2.23. The highest BCUT2D eigenvalue weighted by Crippen LogP contribution is 2.10. The van der Waals surface area contributed by atoms with Crippen molar-refractivity contribution < 1.29 is 9.53 Å². The molecule has 72 valence electrons. The number of hydrogen-bond acceptors (Lipinski definition) is 2. The summed E-state index contributed by atoms with van der Waals surface area (Å²) in [5.74, 6) is -0.0732. The molecular formula is C10H20O2. The lowest BCUT2D eigenvalue weighted by atomic mass is 10.2. The van der Waals surface area contributed by atoms with Crippen LogP contribution in [0.15, 0.2) is 0 Å². The summed E-state index contributed by atoms with van der Waals surface area (Å²) < 4.78 is 5.15. The maximum absolute atomic E-state index is 11.1. The third-order valence-electron chi connectivity index (χ3n) is 1.40. The zero-order valence-electron chi connectivity index (χ0n) is 8.64. The van der Waals surface area contributed by atoms with Gasteiger partial charge in [0.2, 0.25) is 0 Å². The minimum Gasteiger partial charge on any atom is -0.460 e. The molecule has 0 rings (SSSR count). The van der Waals surface area contributed by atoms with E-state index in [9.17, 15) is 4.79 Å². The summed E-state index contributed by atoms with van der Waals surface area (Å²) >= 11 is 0. The quantitative estimate of drug-likeness (QED) is 0.481. The number of unbranched alkanes of at least 4 members (excludes halogenated alkanes) is 2. The molecule has 0 radical (unpaired) electrons. The minimum atomic E-state index is -0.330. The van der Waals surface area contributed by atoms with Gasteiger partial charge in [0.25, 0.3) is 0 Å². The summed E-state index contributed by atoms with van der Waals surface area (Å²) in [5, 5.41) is 0. The largest absolute Gasteiger partial charge is 0.460 e. The zero-order chi connectivity index (χ0) is 9.61. The number of rotatable bonds is 4. The molecule has 2 heteroatoms. The average Bonchev–Trinajstić information content (AvgIpc) is 1.84. The molecule has 0 atom stereocenters. The topological polar surface area (TPSA) is 26.3 Å². The van der Waals surface area contributed by atoms with Crippen LogP contribution in [0, 0.1) is 0 Å². The van der Waals surface area contributed by atoms with E-state index in [0.717, 1.165) is 19.3 Å². The first-order chi connectivity index (χ1) is 5.45. The van der Waals surface area contributed by atoms with Crippen LogP contribution in [0.25, 0.3) is 0 Å². The highest BCUT2D eigenvalue weighted by Gasteiger charge is 2.15. The van der Waals surface area contributed by atoms with E-state index in [1.165, 1.54) is 0 Å². The summed E-state index contributed by atoms with van der Waals surface area (Å²) in [4.78, 5) is 11.1. The fourth-order valence-electron chi connectivity index (χ4n) is 0.912. The molecule has 0 heterocycles. The Labute approximate surface area is 75.3 Å². The molecule has 0 saturated heterocycles. The van der Waals surface area contributed by atoms with Gasteiger partial charge in [0.15, 0.2) is 0 Å². The van der Waals surface area contributed by atoms with Gasteiger partial charge in [-0.1, -0.05) is 19.8 Å². The first-order valence-corrected chi connectivity index (χ1v) is 4.67. The number of carbonyl (C=O) groups is 1. The molecule has 0 unspecified atom stereocenters. The van der Waals surface area contributed by atoms with E-state index in [1.807, 2.05) is 20.8 Å². The molecule has 0 aliphatic carbocycles. The molecule has 12 heavy (non-hydrogen) atoms. The van der Waals surface area contributed by atoms with Gasteiger partial charge in [0.1, 0.15) is 5.60 Å². The summed E-state index contributed by atoms with van der Waals surface area (Å²) in [5.41, 5.74) is -0.330. The van der Waals surface area contributed by atoms with E-state index in [1.54, 1.807) is 0 Å². The summed E-state index contributed by atoms with van der Waals surface area (Å²) in [6, 6.07) is 0. The monoisotopic (exact) mass is 172 g/mol. The van der Waals surface area contributed by atoms with Crippen LogP contribution >= 0.6 is 0 Å². The Hall–Kier alpha value is -0.530. The number of ether oxygens (including phenoxy) is 1. The fraction of sp³-hybridized carbons (Fsp3) is 0.900. The summed E-state index contributed by atoms with van der Waals surface area (Å²) in [6.07, 6.45) is 3.76. The molecule has 0 fully saturated rings. The SMILES string of the molecule is CCCCCC(=O)OC(C)(C)C. The van der Waals surface area contributed by atoms with Crippen LogP contribution in [-0.2, 0) is 9.53 Å². The van der Waals surface area contributed by atoms with Crippen molar-refractivity contribution in [1.29, 1.82) is 0 Å². The van der Waals surface area contributed by atoms with Crippen molar-refractivity contribution in [2.75, 3.05) is 0 Å². The first kappa shape index (κ1) is 11.5. The maximum Gasteiger partial charge on any atom is 0.306 e. The average molecular weight is 172 g/mol. The molecule has 0 aromatic carbocycles. The van der Waals surface area contributed by atoms with Crippen LogP contribution < -0.4 is 0 Å². The van der Waals surface area contributed by atoms with Gasteiger partial charge in [-0.15, -0.1) is 0 Å². The Morgan fingerprint density at radius 1 is 1.25 bits per heavy atom. The summed E-state index contributed by atoms with van der Waals surface area (Å²) in [7, 11) is 0. The fourth-order valence-corrected chi connectivity index (χ4v) is 0.912. The minimum absolute atomic E-state index is 0.0732. The van der Waals surface area contributed by atoms with Crippen molar-refractivity contribution in [3.8, 4) is 0 Å². The van der Waals surface area contributed by atoms with E-state index >= 15 is 0 Å². The van der Waals surface area contributed by atoms with E-state index in [4.69, 9.17) is 4.74 Å². The molecule has 0 saturated carbocycles. The molecule has 0 aliphatic rings. The van der Waals surface area contributed by atoms with E-state index in [2.05, 4.69) is 6.92 Å². The second-order valence-corrected chi connectivity index (χ2v) is 4.04. The molecule has 0 aliphatic heterocycles. The van der Waals surface area contributed by atoms with E-state index in [-0.39, 0.29) is 11.6 Å². The van der Waals surface area contributed by atoms with Crippen molar-refractivity contribution in [1.82, 2.24) is 0 Å². The van der Waals surface area contributed by atoms with E-state index < -0.39 is 0 Å². The Balaban J connectivity index is 3.47. The van der Waals surface area contributed by atoms with Gasteiger partial charge < -0.3 is 4.74 Å². The third-order valence-corrected chi connectivity index (χ3v) is 1.40. The molecule has 0 aromatic rings. The van der Waals surface area contributed by atoms with Gasteiger partial charge in [-0.3, -0.25) is 4.79 Å². The van der Waals surface area contributed by atoms with Crippen molar-refractivity contribution in [3.05, 3.63) is 0 Å². The lowest BCUT2D eigenvalue weighted by molar-refractivity contribution is -0.154. The Bertz CT molecular complexity index is 133. The van der Waals surface area contributed by atoms with Crippen LogP contribution in [0.1, 0.15) is 53.4 Å². The third kappa shape index (κ3) is 7.58. The number of esters is 1. The predicted octanol–water partition coefficient (Wildman–Crippen LogP) is 2.91. The van der Waals surface area contributed by atoms with Gasteiger partial charge in [0, 0.05) is 6.42 Å². The van der Waals surface area contributed by atoms with Crippen LogP contribution in [0.5, 0.6) is 0 Å². The standard InChI is InChI=1S/C10H20O2/c1-5-6-7-8-9(11)12-10(2,3)4/h5-8H2,1-4H3. The van der Waals surface area contributed by atoms with Crippen molar-refractivity contribution in [2.45, 2.75) is 59.0 Å². The molecule has 0 amide bonds. The second kappa shape index (κ2) is 5.18. The highest BCUT2D eigenvalue weighted by atomic mass is 16.6. The van der Waals surface area contributed by atoms with Crippen molar-refractivity contribution in [3.63, 3.8) is 0 Å². The van der Waals surface area contributed by atoms with Gasteiger partial charge in [-0.25, -0.2) is 0 Å². The number of carbonyl (C=O) groups excluding carboxylic acids is 1. The van der Waals surface area contributed by atoms with Crippen LogP contribution in [0.4, 0.5) is 0 Å². The van der Waals surface area contributed by atoms with Gasteiger partial charge in [-0.2, -0.15) is 0 Å². The number of hydrogen-bond donors (Lipinski definition) is 0. The van der Waals surface area contributed by atoms with E-state index in [0.29, 0.717) is 6.42 Å². The normalized spacial score (nSPS) is 11.3. The van der Waals surface area contributed by atoms with Crippen molar-refractivity contribution in [2.24, 2.45) is 0 Å². The van der Waals surface area contributed by atoms with Crippen molar-refractivity contribution >= 4 is 5.97 Å². The lowest BCUT2D eigenvalue weighted by Gasteiger charge is -2.19. The Morgan fingerprint density at radius 2 is 1.83 bits per heavy atom. The van der Waals surface area contributed by atoms with Gasteiger partial charge >= 0.3 is 5.97 Å². The first-order valence-electron chi connectivity index (χ1n) is 4.67. The predicted molar refractivity (Wildman–Crippen MR) is 50.0 cm³/mol. The molecule has 0 bridgehead atoms. The van der Waals surface area contributed by atoms with Crippen LogP contribution in [-0.4, -0.2) is 11.6 Å². The Kier molecular flexibility index (Phi) is 4.95. The molecule has 0 aromatic heterocycles. The zero-order valence-corrected chi connectivity index (χ0v) is 8.64. The maximum atomic E-state index is 11.1. The Morgan fingerprint density at radius 3 is 2.25 bits per heavy atom.